The van der Waals surface area contributed by atoms with Gasteiger partial charge in [0.2, 0.25) is 11.8 Å². The number of carbonyl (C=O) groups is 2. The summed E-state index contributed by atoms with van der Waals surface area (Å²) < 4.78 is 0. The fourth-order valence-electron chi connectivity index (χ4n) is 4.36. The Bertz CT molecular complexity index is 1120. The Kier molecular flexibility index (Phi) is 11.5. The summed E-state index contributed by atoms with van der Waals surface area (Å²) in [5.74, 6) is -0.577. The number of anilines is 1. The molecular formula is C29H40N6O2. The average molecular weight is 505 g/mol. The Hall–Kier alpha value is -3.33. The molecule has 6 N–H and O–H groups in total. The first-order valence-electron chi connectivity index (χ1n) is 13.1. The van der Waals surface area contributed by atoms with Crippen molar-refractivity contribution in [1.29, 1.82) is 0 Å². The molecule has 8 heteroatoms. The number of aromatic nitrogens is 1. The molecule has 0 bridgehead atoms. The molecule has 2 unspecified atom stereocenters. The molecule has 2 aromatic carbocycles. The van der Waals surface area contributed by atoms with Gasteiger partial charge in [-0.15, -0.1) is 0 Å². The number of nitrogens with one attached hydrogen (secondary N) is 2. The SMILES string of the molecule is CC(CCCN(CCN)CCN)C(=O)NC(CCc1ccccc1)C(=O)Nc1cnc2ccccc2c1. The van der Waals surface area contributed by atoms with Crippen LogP contribution in [0.3, 0.4) is 0 Å². The Morgan fingerprint density at radius 3 is 2.35 bits per heavy atom. The van der Waals surface area contributed by atoms with Crippen LogP contribution in [0.25, 0.3) is 10.9 Å². The number of nitrogens with two attached hydrogens (primary N) is 2. The number of rotatable bonds is 15. The number of fused-ring (bicyclic) bond motifs is 1. The summed E-state index contributed by atoms with van der Waals surface area (Å²) in [5, 5.41) is 6.90. The fraction of sp³-hybridized carbons (Fsp3) is 0.414. The standard InChI is InChI=1S/C29H40N6O2/c1-22(8-7-17-35(18-15-30)19-16-31)28(36)34-27(14-13-23-9-3-2-4-10-23)29(37)33-25-20-24-11-5-6-12-26(24)32-21-25/h2-6,9-12,20-22,27H,7-8,13-19,30-31H2,1H3,(H,33,37)(H,34,36). The molecule has 1 heterocycles. The third kappa shape index (κ3) is 9.24. The number of para-hydroxylation sites is 1. The molecule has 8 nitrogen and oxygen atoms in total. The molecule has 2 amide bonds. The van der Waals surface area contributed by atoms with E-state index in [1.165, 1.54) is 0 Å². The van der Waals surface area contributed by atoms with Crippen LogP contribution in [0.1, 0.15) is 31.7 Å². The molecule has 0 saturated heterocycles. The highest BCUT2D eigenvalue weighted by Gasteiger charge is 2.24. The van der Waals surface area contributed by atoms with Gasteiger partial charge in [0.15, 0.2) is 0 Å². The van der Waals surface area contributed by atoms with Gasteiger partial charge in [0, 0.05) is 37.5 Å². The molecule has 0 saturated carbocycles. The van der Waals surface area contributed by atoms with Crippen LogP contribution in [0.2, 0.25) is 0 Å². The molecule has 0 aliphatic carbocycles. The highest BCUT2D eigenvalue weighted by atomic mass is 16.2. The number of hydrogen-bond acceptors (Lipinski definition) is 6. The lowest BCUT2D eigenvalue weighted by Crippen LogP contribution is -2.46. The smallest absolute Gasteiger partial charge is 0.247 e. The van der Waals surface area contributed by atoms with Crippen LogP contribution >= 0.6 is 0 Å². The van der Waals surface area contributed by atoms with E-state index in [0.717, 1.165) is 48.9 Å². The van der Waals surface area contributed by atoms with E-state index in [1.807, 2.05) is 67.6 Å². The van der Waals surface area contributed by atoms with Gasteiger partial charge in [0.25, 0.3) is 0 Å². The average Bonchev–Trinajstić information content (AvgIpc) is 2.91. The Labute approximate surface area is 219 Å². The molecule has 0 spiro atoms. The van der Waals surface area contributed by atoms with Gasteiger partial charge >= 0.3 is 0 Å². The van der Waals surface area contributed by atoms with Gasteiger partial charge < -0.3 is 27.0 Å². The van der Waals surface area contributed by atoms with E-state index in [2.05, 4.69) is 20.5 Å². The predicted octanol–water partition coefficient (Wildman–Crippen LogP) is 2.93. The number of amides is 2. The lowest BCUT2D eigenvalue weighted by molar-refractivity contribution is -0.129. The van der Waals surface area contributed by atoms with Crippen LogP contribution in [0.5, 0.6) is 0 Å². The van der Waals surface area contributed by atoms with E-state index < -0.39 is 6.04 Å². The van der Waals surface area contributed by atoms with Gasteiger partial charge in [-0.3, -0.25) is 14.6 Å². The summed E-state index contributed by atoms with van der Waals surface area (Å²) in [6.45, 7) is 5.51. The third-order valence-corrected chi connectivity index (χ3v) is 6.51. The third-order valence-electron chi connectivity index (χ3n) is 6.51. The highest BCUT2D eigenvalue weighted by Crippen LogP contribution is 2.17. The first-order chi connectivity index (χ1) is 18.0. The van der Waals surface area contributed by atoms with Gasteiger partial charge in [-0.1, -0.05) is 55.5 Å². The molecule has 3 aromatic rings. The molecule has 1 aromatic heterocycles. The Morgan fingerprint density at radius 2 is 1.62 bits per heavy atom. The topological polar surface area (TPSA) is 126 Å². The first-order valence-corrected chi connectivity index (χ1v) is 13.1. The van der Waals surface area contributed by atoms with Crippen molar-refractivity contribution in [3.63, 3.8) is 0 Å². The maximum Gasteiger partial charge on any atom is 0.247 e. The van der Waals surface area contributed by atoms with Crippen LogP contribution in [0.15, 0.2) is 66.9 Å². The Morgan fingerprint density at radius 1 is 0.919 bits per heavy atom. The maximum atomic E-state index is 13.3. The first kappa shape index (κ1) is 28.2. The fourth-order valence-corrected chi connectivity index (χ4v) is 4.36. The molecule has 37 heavy (non-hydrogen) atoms. The molecule has 2 atom stereocenters. The van der Waals surface area contributed by atoms with Crippen LogP contribution in [0.4, 0.5) is 5.69 Å². The molecule has 0 radical (unpaired) electrons. The zero-order valence-electron chi connectivity index (χ0n) is 21.7. The summed E-state index contributed by atoms with van der Waals surface area (Å²) in [6.07, 6.45) is 4.40. The molecule has 0 aliphatic rings. The van der Waals surface area contributed by atoms with Crippen LogP contribution in [-0.2, 0) is 16.0 Å². The second-order valence-corrected chi connectivity index (χ2v) is 9.45. The van der Waals surface area contributed by atoms with Crippen molar-refractivity contribution in [2.75, 3.05) is 38.0 Å². The zero-order chi connectivity index (χ0) is 26.5. The molecule has 0 fully saturated rings. The second kappa shape index (κ2) is 15.0. The van der Waals surface area contributed by atoms with E-state index in [4.69, 9.17) is 11.5 Å². The van der Waals surface area contributed by atoms with Gasteiger partial charge in [-0.25, -0.2) is 0 Å². The number of nitrogens with zero attached hydrogens (tertiary/aromatic N) is 2. The van der Waals surface area contributed by atoms with Gasteiger partial charge in [-0.2, -0.15) is 0 Å². The minimum Gasteiger partial charge on any atom is -0.344 e. The lowest BCUT2D eigenvalue weighted by atomic mass is 10.0. The van der Waals surface area contributed by atoms with Crippen molar-refractivity contribution in [1.82, 2.24) is 15.2 Å². The maximum absolute atomic E-state index is 13.3. The largest absolute Gasteiger partial charge is 0.344 e. The van der Waals surface area contributed by atoms with Crippen LogP contribution < -0.4 is 22.1 Å². The summed E-state index contributed by atoms with van der Waals surface area (Å²) in [6, 6.07) is 19.0. The number of hydrogen-bond donors (Lipinski definition) is 4. The van der Waals surface area contributed by atoms with Crippen molar-refractivity contribution >= 4 is 28.4 Å². The highest BCUT2D eigenvalue weighted by molar-refractivity contribution is 5.98. The monoisotopic (exact) mass is 504 g/mol. The van der Waals surface area contributed by atoms with Crippen LogP contribution in [0, 0.1) is 5.92 Å². The molecule has 3 rings (SSSR count). The van der Waals surface area contributed by atoms with E-state index >= 15 is 0 Å². The van der Waals surface area contributed by atoms with Crippen molar-refractivity contribution < 1.29 is 9.59 Å². The van der Waals surface area contributed by atoms with Gasteiger partial charge in [-0.05, 0) is 49.9 Å². The normalized spacial score (nSPS) is 12.9. The quantitative estimate of drug-likeness (QED) is 0.252. The molecule has 0 aliphatic heterocycles. The minimum absolute atomic E-state index is 0.117. The number of carbonyl (C=O) groups excluding carboxylic acids is 2. The van der Waals surface area contributed by atoms with Gasteiger partial charge in [0.1, 0.15) is 6.04 Å². The van der Waals surface area contributed by atoms with E-state index in [1.54, 1.807) is 6.20 Å². The summed E-state index contributed by atoms with van der Waals surface area (Å²) in [7, 11) is 0. The predicted molar refractivity (Wildman–Crippen MR) is 150 cm³/mol. The van der Waals surface area contributed by atoms with E-state index in [9.17, 15) is 9.59 Å². The molecule has 198 valence electrons. The van der Waals surface area contributed by atoms with Crippen molar-refractivity contribution in [3.8, 4) is 0 Å². The summed E-state index contributed by atoms with van der Waals surface area (Å²) >= 11 is 0. The number of aryl methyl sites for hydroxylation is 1. The zero-order valence-corrected chi connectivity index (χ0v) is 21.7. The van der Waals surface area contributed by atoms with Crippen LogP contribution in [-0.4, -0.2) is 60.5 Å². The van der Waals surface area contributed by atoms with Crippen molar-refractivity contribution in [3.05, 3.63) is 72.4 Å². The van der Waals surface area contributed by atoms with E-state index in [-0.39, 0.29) is 17.7 Å². The van der Waals surface area contributed by atoms with Gasteiger partial charge in [0.05, 0.1) is 17.4 Å². The Balaban J connectivity index is 1.62. The minimum atomic E-state index is -0.660. The number of pyridine rings is 1. The number of benzene rings is 2. The summed E-state index contributed by atoms with van der Waals surface area (Å²) in [4.78, 5) is 33.0. The van der Waals surface area contributed by atoms with Crippen molar-refractivity contribution in [2.24, 2.45) is 17.4 Å². The molecular weight excluding hydrogens is 464 g/mol. The van der Waals surface area contributed by atoms with E-state index in [0.29, 0.717) is 31.6 Å². The lowest BCUT2D eigenvalue weighted by Gasteiger charge is -2.23. The summed E-state index contributed by atoms with van der Waals surface area (Å²) in [5.41, 5.74) is 14.0. The second-order valence-electron chi connectivity index (χ2n) is 9.45. The van der Waals surface area contributed by atoms with Crippen molar-refractivity contribution in [2.45, 2.75) is 38.6 Å².